The molecule has 1 saturated heterocycles. The third-order valence-corrected chi connectivity index (χ3v) is 3.59. The minimum Gasteiger partial charge on any atom is -0.385 e. The van der Waals surface area contributed by atoms with Crippen LogP contribution in [0, 0.1) is 0 Å². The molecule has 5 heteroatoms. The van der Waals surface area contributed by atoms with Gasteiger partial charge in [0.2, 0.25) is 0 Å². The van der Waals surface area contributed by atoms with Crippen molar-refractivity contribution < 1.29 is 5.11 Å². The van der Waals surface area contributed by atoms with E-state index >= 15 is 0 Å². The van der Waals surface area contributed by atoms with E-state index < -0.39 is 6.10 Å². The highest BCUT2D eigenvalue weighted by Gasteiger charge is 2.27. The van der Waals surface area contributed by atoms with Crippen molar-refractivity contribution in [3.05, 3.63) is 11.6 Å². The number of aliphatic hydroxyl groups excluding tert-OH is 1. The highest BCUT2D eigenvalue weighted by atomic mass is 16.3. The summed E-state index contributed by atoms with van der Waals surface area (Å²) in [6.07, 6.45) is 5.05. The van der Waals surface area contributed by atoms with Crippen molar-refractivity contribution in [2.45, 2.75) is 50.8 Å². The Morgan fingerprint density at radius 2 is 2.00 bits per heavy atom. The van der Waals surface area contributed by atoms with Gasteiger partial charge in [0.15, 0.2) is 5.82 Å². The molecule has 0 aliphatic carbocycles. The van der Waals surface area contributed by atoms with E-state index in [9.17, 15) is 5.11 Å². The number of aromatic nitrogens is 3. The van der Waals surface area contributed by atoms with Crippen LogP contribution in [-0.4, -0.2) is 26.4 Å². The lowest BCUT2D eigenvalue weighted by Gasteiger charge is -2.25. The minimum atomic E-state index is -0.418. The van der Waals surface area contributed by atoms with Crippen LogP contribution in [0.1, 0.15) is 55.9 Å². The molecular formula is C11H18N4O. The molecule has 2 N–H and O–H groups in total. The molecule has 2 unspecified atom stereocenters. The molecule has 0 spiro atoms. The maximum atomic E-state index is 9.83. The van der Waals surface area contributed by atoms with E-state index in [4.69, 9.17) is 0 Å². The first-order chi connectivity index (χ1) is 7.86. The van der Waals surface area contributed by atoms with Gasteiger partial charge in [-0.2, -0.15) is 0 Å². The number of fused-ring (bicyclic) bond motifs is 1. The summed E-state index contributed by atoms with van der Waals surface area (Å²) in [5.74, 6) is 1.78. The molecule has 5 nitrogen and oxygen atoms in total. The van der Waals surface area contributed by atoms with Crippen LogP contribution in [-0.2, 0) is 6.54 Å². The standard InChI is InChI=1S/C11H18N4O/c16-9-5-3-7-15-10(13-14-11(9)15)8-4-1-2-6-12-8/h8-9,12,16H,1-7H2. The summed E-state index contributed by atoms with van der Waals surface area (Å²) in [4.78, 5) is 0. The number of aliphatic hydroxyl groups is 1. The zero-order valence-electron chi connectivity index (χ0n) is 9.39. The normalized spacial score (nSPS) is 30.1. The fraction of sp³-hybridized carbons (Fsp3) is 0.818. The summed E-state index contributed by atoms with van der Waals surface area (Å²) in [5.41, 5.74) is 0. The number of rotatable bonds is 1. The Hall–Kier alpha value is -0.940. The third kappa shape index (κ3) is 1.64. The highest BCUT2D eigenvalue weighted by molar-refractivity contribution is 5.06. The minimum absolute atomic E-state index is 0.334. The molecule has 1 aromatic rings. The second-order valence-electron chi connectivity index (χ2n) is 4.73. The van der Waals surface area contributed by atoms with Crippen LogP contribution in [0.25, 0.3) is 0 Å². The second kappa shape index (κ2) is 4.14. The van der Waals surface area contributed by atoms with Crippen LogP contribution >= 0.6 is 0 Å². The number of piperidine rings is 1. The molecule has 16 heavy (non-hydrogen) atoms. The van der Waals surface area contributed by atoms with Crippen molar-refractivity contribution in [2.75, 3.05) is 6.54 Å². The Kier molecular flexibility index (Phi) is 2.65. The van der Waals surface area contributed by atoms with Crippen LogP contribution in [0.3, 0.4) is 0 Å². The van der Waals surface area contributed by atoms with Gasteiger partial charge >= 0.3 is 0 Å². The predicted molar refractivity (Wildman–Crippen MR) is 58.8 cm³/mol. The van der Waals surface area contributed by atoms with Gasteiger partial charge in [0.25, 0.3) is 0 Å². The van der Waals surface area contributed by atoms with Crippen LogP contribution in [0.2, 0.25) is 0 Å². The second-order valence-corrected chi connectivity index (χ2v) is 4.73. The SMILES string of the molecule is OC1CCCn2c1nnc2C1CCCCN1. The molecule has 0 amide bonds. The van der Waals surface area contributed by atoms with Crippen LogP contribution in [0.15, 0.2) is 0 Å². The van der Waals surface area contributed by atoms with E-state index in [-0.39, 0.29) is 0 Å². The number of hydrogen-bond acceptors (Lipinski definition) is 4. The van der Waals surface area contributed by atoms with Crippen molar-refractivity contribution in [1.82, 2.24) is 20.1 Å². The van der Waals surface area contributed by atoms with Gasteiger partial charge < -0.3 is 15.0 Å². The topological polar surface area (TPSA) is 63.0 Å². The third-order valence-electron chi connectivity index (χ3n) is 3.59. The first-order valence-corrected chi connectivity index (χ1v) is 6.20. The summed E-state index contributed by atoms with van der Waals surface area (Å²) in [5, 5.41) is 21.7. The average molecular weight is 222 g/mol. The molecule has 2 atom stereocenters. The molecule has 0 bridgehead atoms. The van der Waals surface area contributed by atoms with Gasteiger partial charge in [0.1, 0.15) is 11.9 Å². The van der Waals surface area contributed by atoms with Crippen molar-refractivity contribution in [3.8, 4) is 0 Å². The summed E-state index contributed by atoms with van der Waals surface area (Å²) in [6.45, 7) is 2.02. The smallest absolute Gasteiger partial charge is 0.162 e. The van der Waals surface area contributed by atoms with E-state index in [1.54, 1.807) is 0 Å². The van der Waals surface area contributed by atoms with E-state index in [1.165, 1.54) is 12.8 Å². The van der Waals surface area contributed by atoms with Gasteiger partial charge in [0.05, 0.1) is 6.04 Å². The summed E-state index contributed by atoms with van der Waals surface area (Å²) in [6, 6.07) is 0.334. The lowest BCUT2D eigenvalue weighted by molar-refractivity contribution is 0.132. The Morgan fingerprint density at radius 1 is 1.12 bits per heavy atom. The zero-order valence-corrected chi connectivity index (χ0v) is 9.39. The fourth-order valence-corrected chi connectivity index (χ4v) is 2.71. The van der Waals surface area contributed by atoms with Crippen molar-refractivity contribution in [3.63, 3.8) is 0 Å². The summed E-state index contributed by atoms with van der Waals surface area (Å²) >= 11 is 0. The highest BCUT2D eigenvalue weighted by Crippen LogP contribution is 2.28. The Labute approximate surface area is 94.9 Å². The van der Waals surface area contributed by atoms with Gasteiger partial charge in [0, 0.05) is 6.54 Å². The first kappa shape index (κ1) is 10.2. The monoisotopic (exact) mass is 222 g/mol. The lowest BCUT2D eigenvalue weighted by atomic mass is 10.0. The molecular weight excluding hydrogens is 204 g/mol. The maximum absolute atomic E-state index is 9.83. The molecule has 1 fully saturated rings. The van der Waals surface area contributed by atoms with Crippen molar-refractivity contribution in [1.29, 1.82) is 0 Å². The predicted octanol–water partition coefficient (Wildman–Crippen LogP) is 0.920. The van der Waals surface area contributed by atoms with Crippen LogP contribution < -0.4 is 5.32 Å². The first-order valence-electron chi connectivity index (χ1n) is 6.20. The van der Waals surface area contributed by atoms with Gasteiger partial charge in [-0.15, -0.1) is 10.2 Å². The summed E-state index contributed by atoms with van der Waals surface area (Å²) in [7, 11) is 0. The summed E-state index contributed by atoms with van der Waals surface area (Å²) < 4.78 is 2.11. The van der Waals surface area contributed by atoms with E-state index in [0.717, 1.165) is 44.0 Å². The number of nitrogens with one attached hydrogen (secondary N) is 1. The average Bonchev–Trinajstić information content (AvgIpc) is 2.75. The van der Waals surface area contributed by atoms with Crippen molar-refractivity contribution >= 4 is 0 Å². The van der Waals surface area contributed by atoms with Gasteiger partial charge in [-0.05, 0) is 32.2 Å². The van der Waals surface area contributed by atoms with Gasteiger partial charge in [-0.3, -0.25) is 0 Å². The zero-order chi connectivity index (χ0) is 11.0. The van der Waals surface area contributed by atoms with Crippen LogP contribution in [0.5, 0.6) is 0 Å². The van der Waals surface area contributed by atoms with Crippen molar-refractivity contribution in [2.24, 2.45) is 0 Å². The maximum Gasteiger partial charge on any atom is 0.162 e. The van der Waals surface area contributed by atoms with E-state index in [2.05, 4.69) is 20.1 Å². The Balaban J connectivity index is 1.89. The fourth-order valence-electron chi connectivity index (χ4n) is 2.71. The lowest BCUT2D eigenvalue weighted by Crippen LogP contribution is -2.30. The van der Waals surface area contributed by atoms with E-state index in [1.807, 2.05) is 0 Å². The molecule has 0 saturated carbocycles. The molecule has 0 aromatic carbocycles. The molecule has 2 aliphatic rings. The van der Waals surface area contributed by atoms with E-state index in [0.29, 0.717) is 6.04 Å². The molecule has 88 valence electrons. The van der Waals surface area contributed by atoms with Gasteiger partial charge in [-0.1, -0.05) is 6.42 Å². The number of nitrogens with zero attached hydrogens (tertiary/aromatic N) is 3. The van der Waals surface area contributed by atoms with Gasteiger partial charge in [-0.25, -0.2) is 0 Å². The molecule has 2 aliphatic heterocycles. The Morgan fingerprint density at radius 3 is 2.81 bits per heavy atom. The number of hydrogen-bond donors (Lipinski definition) is 2. The Bertz CT molecular complexity index is 370. The largest absolute Gasteiger partial charge is 0.385 e. The quantitative estimate of drug-likeness (QED) is 0.741. The molecule has 3 heterocycles. The molecule has 1 aromatic heterocycles. The molecule has 3 rings (SSSR count). The molecule has 0 radical (unpaired) electrons. The van der Waals surface area contributed by atoms with Crippen LogP contribution in [0.4, 0.5) is 0 Å².